The van der Waals surface area contributed by atoms with Gasteiger partial charge in [0.05, 0.1) is 38.6 Å². The van der Waals surface area contributed by atoms with Crippen LogP contribution in [-0.4, -0.2) is 160 Å². The summed E-state index contributed by atoms with van der Waals surface area (Å²) < 4.78 is 72.7. The predicted octanol–water partition coefficient (Wildman–Crippen LogP) is 3.61. The van der Waals surface area contributed by atoms with Crippen molar-refractivity contribution in [3.8, 4) is 0 Å². The Bertz CT molecular complexity index is 1150. The molecule has 6 rings (SSSR count). The molecule has 0 bridgehead atoms. The van der Waals surface area contributed by atoms with Crippen LogP contribution in [0.25, 0.3) is 0 Å². The van der Waals surface area contributed by atoms with Crippen molar-refractivity contribution in [1.82, 2.24) is 10.6 Å². The summed E-state index contributed by atoms with van der Waals surface area (Å²) >= 11 is 0. The molecule has 0 aromatic rings. The second-order valence-corrected chi connectivity index (χ2v) is 18.7. The Morgan fingerprint density at radius 1 is 0.431 bits per heavy atom. The Balaban J connectivity index is 0.692. The van der Waals surface area contributed by atoms with Gasteiger partial charge in [0.1, 0.15) is 48.8 Å². The second-order valence-electron chi connectivity index (χ2n) is 18.7. The molecule has 0 aromatic heterocycles. The zero-order valence-electron chi connectivity index (χ0n) is 36.4. The van der Waals surface area contributed by atoms with E-state index in [0.29, 0.717) is 13.1 Å². The smallest absolute Gasteiger partial charge is 0.190 e. The summed E-state index contributed by atoms with van der Waals surface area (Å²) in [5.41, 5.74) is 0. The molecule has 0 spiro atoms. The highest BCUT2D eigenvalue weighted by Crippen LogP contribution is 2.45. The molecular weight excluding hydrogens is 756 g/mol. The van der Waals surface area contributed by atoms with Crippen LogP contribution in [0.2, 0.25) is 0 Å². The monoisotopic (exact) mass is 833 g/mol. The van der Waals surface area contributed by atoms with Crippen molar-refractivity contribution >= 4 is 0 Å². The molecule has 0 amide bonds. The van der Waals surface area contributed by atoms with Crippen molar-refractivity contribution in [2.75, 3.05) is 52.6 Å². The van der Waals surface area contributed by atoms with Gasteiger partial charge in [0.25, 0.3) is 0 Å². The molecule has 6 saturated heterocycles. The molecule has 338 valence electrons. The first kappa shape index (κ1) is 46.9. The van der Waals surface area contributed by atoms with Crippen molar-refractivity contribution < 1.29 is 67.1 Å². The van der Waals surface area contributed by atoms with E-state index in [0.717, 1.165) is 25.9 Å². The third-order valence-corrected chi connectivity index (χ3v) is 11.4. The highest BCUT2D eigenvalue weighted by molar-refractivity contribution is 5.01. The van der Waals surface area contributed by atoms with E-state index in [9.17, 15) is 10.2 Å². The topological polar surface area (TPSA) is 175 Å². The van der Waals surface area contributed by atoms with E-state index in [1.54, 1.807) is 0 Å². The number of ether oxygens (including phenoxy) is 12. The summed E-state index contributed by atoms with van der Waals surface area (Å²) in [6.07, 6.45) is 7.01. The molecule has 6 aliphatic heterocycles. The first-order chi connectivity index (χ1) is 27.5. The third-order valence-electron chi connectivity index (χ3n) is 11.4. The fourth-order valence-corrected chi connectivity index (χ4v) is 8.87. The summed E-state index contributed by atoms with van der Waals surface area (Å²) in [4.78, 5) is 0. The Morgan fingerprint density at radius 3 is 1.12 bits per heavy atom. The second kappa shape index (κ2) is 20.7. The molecular formula is C42H76N2O14. The molecule has 16 nitrogen and oxygen atoms in total. The summed E-state index contributed by atoms with van der Waals surface area (Å²) in [6.45, 7) is 18.7. The molecule has 6 heterocycles. The minimum Gasteiger partial charge on any atom is -0.389 e. The van der Waals surface area contributed by atoms with Crippen LogP contribution in [0.3, 0.4) is 0 Å². The zero-order chi connectivity index (χ0) is 41.6. The van der Waals surface area contributed by atoms with E-state index in [-0.39, 0.29) is 75.3 Å². The number of unbranched alkanes of at least 4 members (excludes halogenated alkanes) is 9. The highest BCUT2D eigenvalue weighted by atomic mass is 16.9. The van der Waals surface area contributed by atoms with E-state index in [4.69, 9.17) is 56.8 Å². The molecule has 16 heteroatoms. The number of aliphatic hydroxyl groups excluding tert-OH is 2. The van der Waals surface area contributed by atoms with Gasteiger partial charge in [-0.15, -0.1) is 0 Å². The lowest BCUT2D eigenvalue weighted by Gasteiger charge is -2.37. The minimum atomic E-state index is -0.760. The average molecular weight is 833 g/mol. The number of hydrogen-bond donors (Lipinski definition) is 4. The molecule has 6 aliphatic rings. The maximum absolute atomic E-state index is 10.5. The van der Waals surface area contributed by atoms with E-state index in [1.165, 1.54) is 51.4 Å². The van der Waals surface area contributed by atoms with Gasteiger partial charge in [0.2, 0.25) is 0 Å². The Morgan fingerprint density at radius 2 is 0.741 bits per heavy atom. The zero-order valence-corrected chi connectivity index (χ0v) is 36.4. The molecule has 58 heavy (non-hydrogen) atoms. The lowest BCUT2D eigenvalue weighted by atomic mass is 9.99. The van der Waals surface area contributed by atoms with Gasteiger partial charge >= 0.3 is 0 Å². The first-order valence-electron chi connectivity index (χ1n) is 22.2. The normalized spacial score (nSPS) is 36.3. The van der Waals surface area contributed by atoms with Crippen LogP contribution in [0, 0.1) is 0 Å². The molecule has 4 unspecified atom stereocenters. The highest BCUT2D eigenvalue weighted by Gasteiger charge is 2.62. The molecule has 0 aliphatic carbocycles. The Kier molecular flexibility index (Phi) is 16.7. The number of fused-ring (bicyclic) bond motifs is 6. The summed E-state index contributed by atoms with van der Waals surface area (Å²) in [5, 5.41) is 27.6. The lowest BCUT2D eigenvalue weighted by molar-refractivity contribution is -0.244. The van der Waals surface area contributed by atoms with Crippen LogP contribution in [0.5, 0.6) is 0 Å². The number of rotatable bonds is 25. The van der Waals surface area contributed by atoms with Crippen molar-refractivity contribution in [1.29, 1.82) is 0 Å². The lowest BCUT2D eigenvalue weighted by Crippen LogP contribution is -2.56. The maximum atomic E-state index is 10.5. The predicted molar refractivity (Wildman–Crippen MR) is 211 cm³/mol. The van der Waals surface area contributed by atoms with E-state index < -0.39 is 47.9 Å². The van der Waals surface area contributed by atoms with Crippen LogP contribution < -0.4 is 10.6 Å². The Labute approximate surface area is 346 Å². The number of nitrogens with one attached hydrogen (secondary N) is 2. The fraction of sp³-hybridized carbons (Fsp3) is 1.00. The van der Waals surface area contributed by atoms with E-state index >= 15 is 0 Å². The SMILES string of the molecule is CC1(C)O[C@H]2OC(COCC(O)CNCCCCCCCCCCCCNCC(O)COCC3O[C@@H]4OC(C)(C)O[C@@H]4[C@H]4OC(C)(C)O[C@@H]34)[C@@H]3OC(C)(C)O[C@@H]3[C@H]2O1. The van der Waals surface area contributed by atoms with E-state index in [2.05, 4.69) is 10.6 Å². The maximum Gasteiger partial charge on any atom is 0.190 e. The van der Waals surface area contributed by atoms with Gasteiger partial charge in [-0.05, 0) is 81.3 Å². The summed E-state index contributed by atoms with van der Waals surface area (Å²) in [5.74, 6) is -3.02. The quantitative estimate of drug-likeness (QED) is 0.0982. The fourth-order valence-electron chi connectivity index (χ4n) is 8.87. The molecule has 4 N–H and O–H groups in total. The third kappa shape index (κ3) is 13.4. The van der Waals surface area contributed by atoms with Crippen LogP contribution in [0.4, 0.5) is 0 Å². The van der Waals surface area contributed by atoms with Crippen molar-refractivity contribution in [3.05, 3.63) is 0 Å². The van der Waals surface area contributed by atoms with Crippen molar-refractivity contribution in [2.24, 2.45) is 0 Å². The van der Waals surface area contributed by atoms with Crippen LogP contribution in [0.1, 0.15) is 120 Å². The minimum absolute atomic E-state index is 0.207. The van der Waals surface area contributed by atoms with Gasteiger partial charge in [-0.1, -0.05) is 51.4 Å². The van der Waals surface area contributed by atoms with Gasteiger partial charge in [-0.3, -0.25) is 0 Å². The first-order valence-corrected chi connectivity index (χ1v) is 22.2. The molecule has 12 atom stereocenters. The van der Waals surface area contributed by atoms with Crippen LogP contribution in [-0.2, 0) is 56.8 Å². The van der Waals surface area contributed by atoms with Crippen LogP contribution in [0.15, 0.2) is 0 Å². The summed E-state index contributed by atoms with van der Waals surface area (Å²) in [6, 6.07) is 0. The average Bonchev–Trinajstić information content (AvgIpc) is 3.84. The Hall–Kier alpha value is -0.640. The van der Waals surface area contributed by atoms with Crippen molar-refractivity contribution in [2.45, 2.75) is 216 Å². The van der Waals surface area contributed by atoms with Crippen LogP contribution >= 0.6 is 0 Å². The van der Waals surface area contributed by atoms with Gasteiger partial charge in [0, 0.05) is 13.1 Å². The van der Waals surface area contributed by atoms with Gasteiger partial charge in [-0.25, -0.2) is 0 Å². The molecule has 0 radical (unpaired) electrons. The molecule has 6 fully saturated rings. The molecule has 0 aromatic carbocycles. The largest absolute Gasteiger partial charge is 0.389 e. The van der Waals surface area contributed by atoms with Crippen molar-refractivity contribution in [3.63, 3.8) is 0 Å². The van der Waals surface area contributed by atoms with Gasteiger partial charge < -0.3 is 77.7 Å². The number of hydrogen-bond acceptors (Lipinski definition) is 16. The van der Waals surface area contributed by atoms with Gasteiger partial charge in [-0.2, -0.15) is 0 Å². The summed E-state index contributed by atoms with van der Waals surface area (Å²) in [7, 11) is 0. The van der Waals surface area contributed by atoms with Gasteiger partial charge in [0.15, 0.2) is 35.7 Å². The van der Waals surface area contributed by atoms with E-state index in [1.807, 2.05) is 55.4 Å². The number of aliphatic hydroxyl groups is 2. The standard InChI is InChI=1S/C42H76N2O14/c1-39(2)51-31-29(49-37-35(33(31)53-39)55-41(5,6)57-37)25-47-23-27(45)21-43-19-17-15-13-11-9-10-12-14-16-18-20-44-22-28(46)24-48-26-30-32-34(54-40(3,4)52-32)36-38(50-30)58-42(7,8)56-36/h27-38,43-46H,9-26H2,1-8H3/t27?,28?,29?,30?,31-,32-,33-,34-,35+,36+,37+,38+/m0/s1. The molecule has 0 saturated carbocycles.